The van der Waals surface area contributed by atoms with Gasteiger partial charge in [0.15, 0.2) is 0 Å². The minimum Gasteiger partial charge on any atom is -0.493 e. The average Bonchev–Trinajstić information content (AvgIpc) is 2.39. The highest BCUT2D eigenvalue weighted by Crippen LogP contribution is 2.25. The van der Waals surface area contributed by atoms with Crippen molar-refractivity contribution in [2.24, 2.45) is 5.92 Å². The van der Waals surface area contributed by atoms with Gasteiger partial charge in [0.25, 0.3) is 0 Å². The topological polar surface area (TPSA) is 21.3 Å². The standard InChI is InChI=1S/C15H22BrNO/c1-2-3-13-10-14(16)4-5-15(13)18-11-12-6-8-17-9-7-12/h4-5,10,12,17H,2-3,6-9,11H2,1H3. The molecule has 2 nitrogen and oxygen atoms in total. The molecule has 1 N–H and O–H groups in total. The van der Waals surface area contributed by atoms with Crippen molar-refractivity contribution in [3.63, 3.8) is 0 Å². The molecule has 0 aromatic heterocycles. The molecular weight excluding hydrogens is 290 g/mol. The molecule has 0 unspecified atom stereocenters. The molecule has 18 heavy (non-hydrogen) atoms. The van der Waals surface area contributed by atoms with Gasteiger partial charge >= 0.3 is 0 Å². The van der Waals surface area contributed by atoms with Crippen molar-refractivity contribution < 1.29 is 4.74 Å². The Bertz CT molecular complexity index is 375. The zero-order valence-electron chi connectivity index (χ0n) is 11.0. The number of ether oxygens (including phenoxy) is 1. The number of benzene rings is 1. The smallest absolute Gasteiger partial charge is 0.122 e. The van der Waals surface area contributed by atoms with Crippen LogP contribution in [0.4, 0.5) is 0 Å². The van der Waals surface area contributed by atoms with Gasteiger partial charge in [-0.05, 0) is 62.0 Å². The van der Waals surface area contributed by atoms with E-state index in [0.29, 0.717) is 5.92 Å². The fourth-order valence-corrected chi connectivity index (χ4v) is 2.82. The summed E-state index contributed by atoms with van der Waals surface area (Å²) in [4.78, 5) is 0. The minimum absolute atomic E-state index is 0.712. The lowest BCUT2D eigenvalue weighted by atomic mass is 9.99. The summed E-state index contributed by atoms with van der Waals surface area (Å²) in [6.45, 7) is 5.34. The molecule has 0 spiro atoms. The van der Waals surface area contributed by atoms with Gasteiger partial charge in [0, 0.05) is 4.47 Å². The van der Waals surface area contributed by atoms with Crippen molar-refractivity contribution in [3.05, 3.63) is 28.2 Å². The van der Waals surface area contributed by atoms with E-state index in [1.54, 1.807) is 0 Å². The van der Waals surface area contributed by atoms with Crippen LogP contribution in [0, 0.1) is 5.92 Å². The summed E-state index contributed by atoms with van der Waals surface area (Å²) < 4.78 is 7.17. The highest BCUT2D eigenvalue weighted by Gasteiger charge is 2.14. The Hall–Kier alpha value is -0.540. The first-order valence-electron chi connectivity index (χ1n) is 6.91. The second-order valence-corrected chi connectivity index (χ2v) is 5.92. The van der Waals surface area contributed by atoms with E-state index < -0.39 is 0 Å². The molecular formula is C15H22BrNO. The Balaban J connectivity index is 1.94. The summed E-state index contributed by atoms with van der Waals surface area (Å²) in [7, 11) is 0. The van der Waals surface area contributed by atoms with Crippen LogP contribution in [-0.2, 0) is 6.42 Å². The van der Waals surface area contributed by atoms with Crippen LogP contribution in [0.1, 0.15) is 31.7 Å². The molecule has 1 aromatic carbocycles. The fourth-order valence-electron chi connectivity index (χ4n) is 2.41. The Morgan fingerprint density at radius 3 is 2.83 bits per heavy atom. The highest BCUT2D eigenvalue weighted by atomic mass is 79.9. The van der Waals surface area contributed by atoms with Gasteiger partial charge in [-0.15, -0.1) is 0 Å². The van der Waals surface area contributed by atoms with Gasteiger partial charge in [-0.2, -0.15) is 0 Å². The second-order valence-electron chi connectivity index (χ2n) is 5.01. The SMILES string of the molecule is CCCc1cc(Br)ccc1OCC1CCNCC1. The largest absolute Gasteiger partial charge is 0.493 e. The van der Waals surface area contributed by atoms with Gasteiger partial charge in [-0.3, -0.25) is 0 Å². The minimum atomic E-state index is 0.712. The van der Waals surface area contributed by atoms with E-state index in [1.807, 2.05) is 0 Å². The Labute approximate surface area is 118 Å². The lowest BCUT2D eigenvalue weighted by molar-refractivity contribution is 0.213. The molecule has 0 bridgehead atoms. The Morgan fingerprint density at radius 2 is 2.11 bits per heavy atom. The number of aryl methyl sites for hydroxylation is 1. The van der Waals surface area contributed by atoms with Gasteiger partial charge in [-0.1, -0.05) is 29.3 Å². The van der Waals surface area contributed by atoms with E-state index >= 15 is 0 Å². The second kappa shape index (κ2) is 7.15. The molecule has 0 aliphatic carbocycles. The molecule has 1 fully saturated rings. The van der Waals surface area contributed by atoms with Crippen molar-refractivity contribution in [1.82, 2.24) is 5.32 Å². The van der Waals surface area contributed by atoms with Crippen molar-refractivity contribution in [1.29, 1.82) is 0 Å². The van der Waals surface area contributed by atoms with E-state index in [1.165, 1.54) is 18.4 Å². The molecule has 1 aromatic rings. The quantitative estimate of drug-likeness (QED) is 0.893. The van der Waals surface area contributed by atoms with Crippen LogP contribution >= 0.6 is 15.9 Å². The number of hydrogen-bond donors (Lipinski definition) is 1. The maximum Gasteiger partial charge on any atom is 0.122 e. The number of nitrogens with one attached hydrogen (secondary N) is 1. The first-order valence-corrected chi connectivity index (χ1v) is 7.71. The number of piperidine rings is 1. The molecule has 0 amide bonds. The predicted molar refractivity (Wildman–Crippen MR) is 79.2 cm³/mol. The summed E-state index contributed by atoms with van der Waals surface area (Å²) in [6, 6.07) is 6.34. The average molecular weight is 312 g/mol. The van der Waals surface area contributed by atoms with Crippen molar-refractivity contribution in [3.8, 4) is 5.75 Å². The van der Waals surface area contributed by atoms with Crippen molar-refractivity contribution in [2.75, 3.05) is 19.7 Å². The molecule has 1 aliphatic heterocycles. The molecule has 1 saturated heterocycles. The van der Waals surface area contributed by atoms with Crippen LogP contribution in [0.3, 0.4) is 0 Å². The predicted octanol–water partition coefficient (Wildman–Crippen LogP) is 3.78. The van der Waals surface area contributed by atoms with E-state index in [9.17, 15) is 0 Å². The number of hydrogen-bond acceptors (Lipinski definition) is 2. The van der Waals surface area contributed by atoms with E-state index in [4.69, 9.17) is 4.74 Å². The molecule has 3 heteroatoms. The molecule has 2 rings (SSSR count). The Morgan fingerprint density at radius 1 is 1.33 bits per heavy atom. The third-order valence-corrected chi connectivity index (χ3v) is 3.97. The molecule has 1 heterocycles. The summed E-state index contributed by atoms with van der Waals surface area (Å²) in [5, 5.41) is 3.39. The van der Waals surface area contributed by atoms with E-state index in [0.717, 1.165) is 42.8 Å². The number of rotatable bonds is 5. The van der Waals surface area contributed by atoms with Gasteiger partial charge in [0.05, 0.1) is 6.61 Å². The van der Waals surface area contributed by atoms with Crippen LogP contribution in [0.25, 0.3) is 0 Å². The molecule has 0 atom stereocenters. The van der Waals surface area contributed by atoms with Crippen molar-refractivity contribution in [2.45, 2.75) is 32.6 Å². The molecule has 0 radical (unpaired) electrons. The number of halogens is 1. The third kappa shape index (κ3) is 3.99. The van der Waals surface area contributed by atoms with Crippen molar-refractivity contribution >= 4 is 15.9 Å². The van der Waals surface area contributed by atoms with Gasteiger partial charge < -0.3 is 10.1 Å². The van der Waals surface area contributed by atoms with Crippen LogP contribution < -0.4 is 10.1 Å². The van der Waals surface area contributed by atoms with Crippen LogP contribution in [-0.4, -0.2) is 19.7 Å². The monoisotopic (exact) mass is 311 g/mol. The van der Waals surface area contributed by atoms with E-state index in [-0.39, 0.29) is 0 Å². The highest BCUT2D eigenvalue weighted by molar-refractivity contribution is 9.10. The van der Waals surface area contributed by atoms with Gasteiger partial charge in [0.1, 0.15) is 5.75 Å². The summed E-state index contributed by atoms with van der Waals surface area (Å²) in [6.07, 6.45) is 4.71. The lowest BCUT2D eigenvalue weighted by Gasteiger charge is -2.23. The van der Waals surface area contributed by atoms with Crippen LogP contribution in [0.15, 0.2) is 22.7 Å². The third-order valence-electron chi connectivity index (χ3n) is 3.48. The zero-order valence-corrected chi connectivity index (χ0v) is 12.6. The summed E-state index contributed by atoms with van der Waals surface area (Å²) in [5.74, 6) is 1.78. The van der Waals surface area contributed by atoms with E-state index in [2.05, 4.69) is 46.4 Å². The van der Waals surface area contributed by atoms with Crippen LogP contribution in [0.2, 0.25) is 0 Å². The maximum atomic E-state index is 6.04. The Kier molecular flexibility index (Phi) is 5.51. The van der Waals surface area contributed by atoms with Crippen LogP contribution in [0.5, 0.6) is 5.75 Å². The lowest BCUT2D eigenvalue weighted by Crippen LogP contribution is -2.30. The normalized spacial score (nSPS) is 16.8. The van der Waals surface area contributed by atoms with Gasteiger partial charge in [0.2, 0.25) is 0 Å². The first-order chi connectivity index (χ1) is 8.79. The zero-order chi connectivity index (χ0) is 12.8. The fraction of sp³-hybridized carbons (Fsp3) is 0.600. The summed E-state index contributed by atoms with van der Waals surface area (Å²) >= 11 is 3.53. The molecule has 1 aliphatic rings. The maximum absolute atomic E-state index is 6.04. The molecule has 0 saturated carbocycles. The summed E-state index contributed by atoms with van der Waals surface area (Å²) in [5.41, 5.74) is 1.32. The first kappa shape index (κ1) is 13.9. The molecule has 100 valence electrons. The van der Waals surface area contributed by atoms with Gasteiger partial charge in [-0.25, -0.2) is 0 Å².